The van der Waals surface area contributed by atoms with E-state index in [1.54, 1.807) is 67.8 Å². The lowest BCUT2D eigenvalue weighted by Crippen LogP contribution is -2.30. The molecule has 0 aliphatic heterocycles. The molecule has 1 aromatic heterocycles. The van der Waals surface area contributed by atoms with Gasteiger partial charge < -0.3 is 34.9 Å². The van der Waals surface area contributed by atoms with E-state index in [0.717, 1.165) is 21.9 Å². The predicted octanol–water partition coefficient (Wildman–Crippen LogP) is 6.98. The van der Waals surface area contributed by atoms with E-state index in [0.29, 0.717) is 39.2 Å². The van der Waals surface area contributed by atoms with E-state index in [9.17, 15) is 14.4 Å². The topological polar surface area (TPSA) is 137 Å². The van der Waals surface area contributed by atoms with Crippen LogP contribution in [0, 0.1) is 0 Å². The van der Waals surface area contributed by atoms with Crippen LogP contribution >= 0.6 is 23.1 Å². The van der Waals surface area contributed by atoms with Gasteiger partial charge in [0.25, 0.3) is 11.8 Å². The van der Waals surface area contributed by atoms with Crippen molar-refractivity contribution in [2.75, 3.05) is 44.8 Å². The van der Waals surface area contributed by atoms with Gasteiger partial charge in [-0.05, 0) is 54.6 Å². The minimum Gasteiger partial charge on any atom is -0.497 e. The molecule has 13 heteroatoms. The number of carbonyl (C=O) groups excluding carboxylic acids is 3. The summed E-state index contributed by atoms with van der Waals surface area (Å²) in [6.07, 6.45) is 1.50. The Morgan fingerprint density at radius 3 is 2.26 bits per heavy atom. The van der Waals surface area contributed by atoms with Crippen LogP contribution in [0.2, 0.25) is 0 Å². The second-order valence-corrected chi connectivity index (χ2v) is 12.3. The lowest BCUT2D eigenvalue weighted by molar-refractivity contribution is -0.114. The number of rotatable bonds is 14. The van der Waals surface area contributed by atoms with E-state index in [1.807, 2.05) is 35.7 Å². The average Bonchev–Trinajstić information content (AvgIpc) is 3.62. The van der Waals surface area contributed by atoms with Gasteiger partial charge >= 0.3 is 0 Å². The number of amides is 3. The highest BCUT2D eigenvalue weighted by Gasteiger charge is 2.18. The number of nitrogens with zero attached hydrogens (tertiary/aromatic N) is 1. The van der Waals surface area contributed by atoms with Crippen molar-refractivity contribution in [3.63, 3.8) is 0 Å². The molecule has 0 fully saturated rings. The molecule has 0 unspecified atom stereocenters. The van der Waals surface area contributed by atoms with Crippen LogP contribution < -0.4 is 34.9 Å². The van der Waals surface area contributed by atoms with Crippen LogP contribution in [-0.2, 0) is 9.59 Å². The van der Waals surface area contributed by atoms with Gasteiger partial charge in [0.2, 0.25) is 5.91 Å². The van der Waals surface area contributed by atoms with E-state index in [4.69, 9.17) is 18.9 Å². The molecule has 256 valence electrons. The summed E-state index contributed by atoms with van der Waals surface area (Å²) in [6, 6.07) is 26.4. The van der Waals surface area contributed by atoms with Crippen molar-refractivity contribution in [3.05, 3.63) is 113 Å². The largest absolute Gasteiger partial charge is 0.497 e. The highest BCUT2D eigenvalue weighted by molar-refractivity contribution is 8.00. The molecule has 50 heavy (non-hydrogen) atoms. The van der Waals surface area contributed by atoms with Gasteiger partial charge in [-0.1, -0.05) is 36.4 Å². The number of aromatic nitrogens is 1. The maximum atomic E-state index is 13.7. The van der Waals surface area contributed by atoms with Crippen molar-refractivity contribution in [3.8, 4) is 34.3 Å². The highest BCUT2D eigenvalue weighted by Crippen LogP contribution is 2.36. The standard InChI is InChI=1S/C37H34N4O7S2/c1-45-27-14-8-12-24(16-27)30-21-50-37(40-30)41-34(42)22-49-28-15-9-13-26(19-28)38-36(44)29(39-35(43)23-10-6-5-7-11-23)17-25-18-32(47-3)33(48-4)20-31(25)46-2/h5-21H,22H2,1-4H3,(H,38,44)(H,39,43)(H,40,41,42)/b29-17+. The molecule has 3 N–H and O–H groups in total. The van der Waals surface area contributed by atoms with Crippen LogP contribution in [0.4, 0.5) is 10.8 Å². The Labute approximate surface area is 297 Å². The summed E-state index contributed by atoms with van der Waals surface area (Å²) >= 11 is 2.63. The molecule has 0 aliphatic carbocycles. The van der Waals surface area contributed by atoms with Crippen LogP contribution in [0.1, 0.15) is 15.9 Å². The zero-order valence-electron chi connectivity index (χ0n) is 27.6. The van der Waals surface area contributed by atoms with E-state index in [-0.39, 0.29) is 17.4 Å². The molecule has 0 radical (unpaired) electrons. The molecule has 4 aromatic carbocycles. The summed E-state index contributed by atoms with van der Waals surface area (Å²) in [6.45, 7) is 0. The Kier molecular flexibility index (Phi) is 12.1. The first-order valence-corrected chi connectivity index (χ1v) is 17.0. The van der Waals surface area contributed by atoms with Gasteiger partial charge in [0.15, 0.2) is 16.6 Å². The first kappa shape index (κ1) is 35.5. The third-order valence-corrected chi connectivity index (χ3v) is 8.89. The van der Waals surface area contributed by atoms with Crippen molar-refractivity contribution >= 4 is 57.7 Å². The maximum absolute atomic E-state index is 13.7. The number of thiazole rings is 1. The monoisotopic (exact) mass is 710 g/mol. The molecule has 0 atom stereocenters. The van der Waals surface area contributed by atoms with Gasteiger partial charge in [0.05, 0.1) is 39.9 Å². The number of benzene rings is 4. The van der Waals surface area contributed by atoms with E-state index in [2.05, 4.69) is 20.9 Å². The molecule has 0 spiro atoms. The van der Waals surface area contributed by atoms with Crippen molar-refractivity contribution in [2.45, 2.75) is 4.90 Å². The predicted molar refractivity (Wildman–Crippen MR) is 197 cm³/mol. The summed E-state index contributed by atoms with van der Waals surface area (Å²) in [7, 11) is 6.09. The van der Waals surface area contributed by atoms with Crippen molar-refractivity contribution < 1.29 is 33.3 Å². The van der Waals surface area contributed by atoms with Crippen LogP contribution in [0.3, 0.4) is 0 Å². The van der Waals surface area contributed by atoms with Gasteiger partial charge in [-0.25, -0.2) is 4.98 Å². The fourth-order valence-electron chi connectivity index (χ4n) is 4.68. The van der Waals surface area contributed by atoms with E-state index < -0.39 is 11.8 Å². The fraction of sp³-hybridized carbons (Fsp3) is 0.135. The van der Waals surface area contributed by atoms with Gasteiger partial charge in [0.1, 0.15) is 17.2 Å². The zero-order chi connectivity index (χ0) is 35.5. The molecule has 0 bridgehead atoms. The average molecular weight is 711 g/mol. The number of ether oxygens (including phenoxy) is 4. The normalized spacial score (nSPS) is 10.9. The lowest BCUT2D eigenvalue weighted by atomic mass is 10.1. The first-order valence-electron chi connectivity index (χ1n) is 15.1. The third kappa shape index (κ3) is 9.21. The molecule has 5 aromatic rings. The quantitative estimate of drug-likeness (QED) is 0.0823. The SMILES string of the molecule is COc1cccc(-c2csc(NC(=O)CSc3cccc(NC(=O)/C(=C\c4cc(OC)c(OC)cc4OC)NC(=O)c4ccccc4)c3)n2)c1. The van der Waals surface area contributed by atoms with Gasteiger partial charge in [-0.2, -0.15) is 0 Å². The van der Waals surface area contributed by atoms with Gasteiger partial charge in [-0.15, -0.1) is 23.1 Å². The number of carbonyl (C=O) groups is 3. The van der Waals surface area contributed by atoms with Crippen LogP contribution in [-0.4, -0.2) is 56.9 Å². The molecule has 0 saturated carbocycles. The summed E-state index contributed by atoms with van der Waals surface area (Å²) < 4.78 is 21.6. The minimum atomic E-state index is -0.582. The number of nitrogens with one attached hydrogen (secondary N) is 3. The Morgan fingerprint density at radius 1 is 0.780 bits per heavy atom. The van der Waals surface area contributed by atoms with Gasteiger partial charge in [-0.3, -0.25) is 14.4 Å². The second kappa shape index (κ2) is 17.0. The number of methoxy groups -OCH3 is 4. The summed E-state index contributed by atoms with van der Waals surface area (Å²) in [4.78, 5) is 44.9. The van der Waals surface area contributed by atoms with E-state index >= 15 is 0 Å². The lowest BCUT2D eigenvalue weighted by Gasteiger charge is -2.15. The maximum Gasteiger partial charge on any atom is 0.272 e. The molecule has 0 saturated heterocycles. The smallest absolute Gasteiger partial charge is 0.272 e. The summed E-state index contributed by atoms with van der Waals surface area (Å²) in [5.41, 5.74) is 2.88. The van der Waals surface area contributed by atoms with Crippen LogP contribution in [0.15, 0.2) is 107 Å². The minimum absolute atomic E-state index is 0.0430. The molecule has 5 rings (SSSR count). The Hall–Kier alpha value is -5.79. The Morgan fingerprint density at radius 2 is 1.52 bits per heavy atom. The van der Waals surface area contributed by atoms with Crippen molar-refractivity contribution in [1.29, 1.82) is 0 Å². The number of hydrogen-bond donors (Lipinski definition) is 3. The summed E-state index contributed by atoms with van der Waals surface area (Å²) in [5.74, 6) is 0.796. The fourth-order valence-corrected chi connectivity index (χ4v) is 6.17. The number of thioether (sulfide) groups is 1. The Balaban J connectivity index is 1.29. The molecular weight excluding hydrogens is 677 g/mol. The zero-order valence-corrected chi connectivity index (χ0v) is 29.3. The van der Waals surface area contributed by atoms with Gasteiger partial charge in [0, 0.05) is 38.7 Å². The number of hydrogen-bond acceptors (Lipinski definition) is 10. The third-order valence-electron chi connectivity index (χ3n) is 7.14. The summed E-state index contributed by atoms with van der Waals surface area (Å²) in [5, 5.41) is 10.8. The highest BCUT2D eigenvalue weighted by atomic mass is 32.2. The van der Waals surface area contributed by atoms with Crippen molar-refractivity contribution in [1.82, 2.24) is 10.3 Å². The second-order valence-electron chi connectivity index (χ2n) is 10.4. The first-order chi connectivity index (χ1) is 24.3. The van der Waals surface area contributed by atoms with E-state index in [1.165, 1.54) is 50.5 Å². The molecular formula is C37H34N4O7S2. The van der Waals surface area contributed by atoms with Crippen molar-refractivity contribution in [2.24, 2.45) is 0 Å². The Bertz CT molecular complexity index is 2010. The van der Waals surface area contributed by atoms with Crippen LogP contribution in [0.5, 0.6) is 23.0 Å². The molecule has 11 nitrogen and oxygen atoms in total. The van der Waals surface area contributed by atoms with Crippen LogP contribution in [0.25, 0.3) is 17.3 Å². The molecule has 1 heterocycles. The molecule has 0 aliphatic rings. The molecule has 3 amide bonds. The number of anilines is 2.